The third kappa shape index (κ3) is 8.71. The van der Waals surface area contributed by atoms with Crippen molar-refractivity contribution < 1.29 is 14.6 Å². The number of aliphatic hydroxyl groups excluding tert-OH is 1. The molecular formula is C27H39N3O3. The van der Waals surface area contributed by atoms with Gasteiger partial charge in [-0.2, -0.15) is 0 Å². The van der Waals surface area contributed by atoms with E-state index in [0.717, 1.165) is 25.1 Å². The van der Waals surface area contributed by atoms with Gasteiger partial charge in [-0.3, -0.25) is 4.90 Å². The fraction of sp³-hybridized carbons (Fsp3) is 0.519. The summed E-state index contributed by atoms with van der Waals surface area (Å²) in [7, 11) is 0. The van der Waals surface area contributed by atoms with Gasteiger partial charge in [0, 0.05) is 30.4 Å². The summed E-state index contributed by atoms with van der Waals surface area (Å²) < 4.78 is 5.81. The van der Waals surface area contributed by atoms with Crippen LogP contribution in [0.15, 0.2) is 54.6 Å². The zero-order valence-electron chi connectivity index (χ0n) is 20.2. The molecule has 0 spiro atoms. The first-order chi connectivity index (χ1) is 15.8. The van der Waals surface area contributed by atoms with Gasteiger partial charge in [-0.25, -0.2) is 4.79 Å². The quantitative estimate of drug-likeness (QED) is 0.489. The standard InChI is InChI=1S/C27H39N3O3/c1-27(2,3)30(18-21-10-6-4-7-11-21)19-24(31)20-33-25-16-14-23(15-17-25)29-26(32)28-22-12-8-5-9-13-22/h4,6-7,10-11,14-17,22,24,31H,5,8-9,12-13,18-20H2,1-3H3,(H2,28,29,32). The van der Waals surface area contributed by atoms with E-state index < -0.39 is 6.10 Å². The zero-order valence-corrected chi connectivity index (χ0v) is 20.2. The van der Waals surface area contributed by atoms with Crippen LogP contribution < -0.4 is 15.4 Å². The minimum atomic E-state index is -0.619. The van der Waals surface area contributed by atoms with Crippen LogP contribution in [-0.4, -0.2) is 46.9 Å². The number of hydrogen-bond donors (Lipinski definition) is 3. The number of aliphatic hydroxyl groups is 1. The molecule has 0 aliphatic heterocycles. The summed E-state index contributed by atoms with van der Waals surface area (Å²) in [5.41, 5.74) is 1.86. The van der Waals surface area contributed by atoms with E-state index in [1.165, 1.54) is 24.8 Å². The summed E-state index contributed by atoms with van der Waals surface area (Å²) in [6.45, 7) is 7.94. The van der Waals surface area contributed by atoms with Crippen molar-refractivity contribution in [2.45, 2.75) is 77.1 Å². The fourth-order valence-corrected chi connectivity index (χ4v) is 4.11. The molecular weight excluding hydrogens is 414 g/mol. The topological polar surface area (TPSA) is 73.8 Å². The Kier molecular flexibility index (Phi) is 9.15. The molecule has 1 unspecified atom stereocenters. The summed E-state index contributed by atoms with van der Waals surface area (Å²) in [5.74, 6) is 0.664. The summed E-state index contributed by atoms with van der Waals surface area (Å²) >= 11 is 0. The average molecular weight is 454 g/mol. The van der Waals surface area contributed by atoms with Gasteiger partial charge in [0.15, 0.2) is 0 Å². The molecule has 6 heteroatoms. The van der Waals surface area contributed by atoms with E-state index in [9.17, 15) is 9.90 Å². The van der Waals surface area contributed by atoms with Gasteiger partial charge in [0.05, 0.1) is 0 Å². The Morgan fingerprint density at radius 3 is 2.36 bits per heavy atom. The molecule has 1 aliphatic carbocycles. The minimum absolute atomic E-state index is 0.0810. The summed E-state index contributed by atoms with van der Waals surface area (Å²) in [6, 6.07) is 17.7. The molecule has 1 saturated carbocycles. The number of anilines is 1. The third-order valence-electron chi connectivity index (χ3n) is 6.09. The Hall–Kier alpha value is -2.57. The molecule has 180 valence electrons. The molecule has 0 aromatic heterocycles. The number of ether oxygens (including phenoxy) is 1. The number of benzene rings is 2. The van der Waals surface area contributed by atoms with Gasteiger partial charge in [0.25, 0.3) is 0 Å². The van der Waals surface area contributed by atoms with Crippen molar-refractivity contribution in [3.8, 4) is 5.75 Å². The summed E-state index contributed by atoms with van der Waals surface area (Å²) in [5, 5.41) is 16.6. The Morgan fingerprint density at radius 2 is 1.73 bits per heavy atom. The monoisotopic (exact) mass is 453 g/mol. The second kappa shape index (κ2) is 12.1. The Labute approximate surface area is 198 Å². The van der Waals surface area contributed by atoms with Crippen molar-refractivity contribution in [1.82, 2.24) is 10.2 Å². The summed E-state index contributed by atoms with van der Waals surface area (Å²) in [6.07, 6.45) is 5.12. The molecule has 1 fully saturated rings. The number of amides is 2. The van der Waals surface area contributed by atoms with Crippen molar-refractivity contribution in [3.63, 3.8) is 0 Å². The van der Waals surface area contributed by atoms with Crippen LogP contribution in [-0.2, 0) is 6.54 Å². The average Bonchev–Trinajstić information content (AvgIpc) is 2.79. The number of β-amino-alcohol motifs (C(OH)–C–C–N with tert-alkyl or cyclic N) is 1. The van der Waals surface area contributed by atoms with E-state index in [-0.39, 0.29) is 24.2 Å². The number of urea groups is 1. The second-order valence-corrected chi connectivity index (χ2v) is 9.96. The number of hydrogen-bond acceptors (Lipinski definition) is 4. The van der Waals surface area contributed by atoms with Gasteiger partial charge in [-0.05, 0) is 63.4 Å². The van der Waals surface area contributed by atoms with Crippen molar-refractivity contribution in [2.24, 2.45) is 0 Å². The summed E-state index contributed by atoms with van der Waals surface area (Å²) in [4.78, 5) is 14.5. The molecule has 3 rings (SSSR count). The molecule has 0 bridgehead atoms. The molecule has 6 nitrogen and oxygen atoms in total. The van der Waals surface area contributed by atoms with E-state index in [2.05, 4.69) is 48.4 Å². The van der Waals surface area contributed by atoms with E-state index in [1.807, 2.05) is 42.5 Å². The van der Waals surface area contributed by atoms with Crippen molar-refractivity contribution >= 4 is 11.7 Å². The van der Waals surface area contributed by atoms with Crippen LogP contribution in [0.2, 0.25) is 0 Å². The lowest BCUT2D eigenvalue weighted by Crippen LogP contribution is -2.46. The Morgan fingerprint density at radius 1 is 1.06 bits per heavy atom. The molecule has 0 radical (unpaired) electrons. The Bertz CT molecular complexity index is 843. The highest BCUT2D eigenvalue weighted by Crippen LogP contribution is 2.20. The first-order valence-corrected chi connectivity index (χ1v) is 12.1. The maximum Gasteiger partial charge on any atom is 0.319 e. The van der Waals surface area contributed by atoms with Crippen LogP contribution in [0.5, 0.6) is 5.75 Å². The first kappa shape index (κ1) is 25.1. The molecule has 0 saturated heterocycles. The predicted octanol–water partition coefficient (Wildman–Crippen LogP) is 5.18. The van der Waals surface area contributed by atoms with Crippen molar-refractivity contribution in [1.29, 1.82) is 0 Å². The van der Waals surface area contributed by atoms with Crippen molar-refractivity contribution in [2.75, 3.05) is 18.5 Å². The number of nitrogens with zero attached hydrogens (tertiary/aromatic N) is 1. The molecule has 1 atom stereocenters. The molecule has 2 aromatic rings. The van der Waals surface area contributed by atoms with Crippen LogP contribution in [0.4, 0.5) is 10.5 Å². The second-order valence-electron chi connectivity index (χ2n) is 9.96. The number of carbonyl (C=O) groups is 1. The number of nitrogens with one attached hydrogen (secondary N) is 2. The van der Waals surface area contributed by atoms with Crippen LogP contribution in [0.1, 0.15) is 58.4 Å². The third-order valence-corrected chi connectivity index (χ3v) is 6.09. The van der Waals surface area contributed by atoms with E-state index in [1.54, 1.807) is 0 Å². The molecule has 3 N–H and O–H groups in total. The van der Waals surface area contributed by atoms with Gasteiger partial charge in [0.2, 0.25) is 0 Å². The maximum atomic E-state index is 12.2. The highest BCUT2D eigenvalue weighted by molar-refractivity contribution is 5.89. The number of rotatable bonds is 9. The Balaban J connectivity index is 1.45. The zero-order chi connectivity index (χ0) is 23.7. The lowest BCUT2D eigenvalue weighted by atomic mass is 9.96. The SMILES string of the molecule is CC(C)(C)N(Cc1ccccc1)CC(O)COc1ccc(NC(=O)NC2CCCCC2)cc1. The van der Waals surface area contributed by atoms with Gasteiger partial charge < -0.3 is 20.5 Å². The molecule has 2 aromatic carbocycles. The molecule has 0 heterocycles. The van der Waals surface area contributed by atoms with Gasteiger partial charge in [-0.1, -0.05) is 49.6 Å². The van der Waals surface area contributed by atoms with Crippen LogP contribution in [0, 0.1) is 0 Å². The van der Waals surface area contributed by atoms with E-state index >= 15 is 0 Å². The smallest absolute Gasteiger partial charge is 0.319 e. The van der Waals surface area contributed by atoms with Crippen LogP contribution in [0.3, 0.4) is 0 Å². The van der Waals surface area contributed by atoms with Gasteiger partial charge >= 0.3 is 6.03 Å². The molecule has 1 aliphatic rings. The highest BCUT2D eigenvalue weighted by Gasteiger charge is 2.24. The minimum Gasteiger partial charge on any atom is -0.491 e. The maximum absolute atomic E-state index is 12.2. The predicted molar refractivity (Wildman–Crippen MR) is 134 cm³/mol. The number of carbonyl (C=O) groups excluding carboxylic acids is 1. The van der Waals surface area contributed by atoms with Crippen LogP contribution >= 0.6 is 0 Å². The van der Waals surface area contributed by atoms with Gasteiger partial charge in [-0.15, -0.1) is 0 Å². The normalized spacial score (nSPS) is 15.8. The lowest BCUT2D eigenvalue weighted by molar-refractivity contribution is 0.0285. The fourth-order valence-electron chi connectivity index (χ4n) is 4.11. The molecule has 2 amide bonds. The van der Waals surface area contributed by atoms with Crippen LogP contribution in [0.25, 0.3) is 0 Å². The lowest BCUT2D eigenvalue weighted by Gasteiger charge is -2.37. The van der Waals surface area contributed by atoms with Crippen molar-refractivity contribution in [3.05, 3.63) is 60.2 Å². The van der Waals surface area contributed by atoms with E-state index in [4.69, 9.17) is 4.74 Å². The largest absolute Gasteiger partial charge is 0.491 e. The first-order valence-electron chi connectivity index (χ1n) is 12.1. The highest BCUT2D eigenvalue weighted by atomic mass is 16.5. The van der Waals surface area contributed by atoms with Gasteiger partial charge in [0.1, 0.15) is 18.5 Å². The van der Waals surface area contributed by atoms with E-state index in [0.29, 0.717) is 12.3 Å². The molecule has 33 heavy (non-hydrogen) atoms.